The first-order valence-electron chi connectivity index (χ1n) is 50.7. The van der Waals surface area contributed by atoms with E-state index in [9.17, 15) is 24.0 Å². The first-order valence-corrected chi connectivity index (χ1v) is 56.2. The number of imidazole rings is 5. The van der Waals surface area contributed by atoms with Gasteiger partial charge in [-0.05, 0) is 286 Å². The van der Waals surface area contributed by atoms with Crippen molar-refractivity contribution in [2.24, 2.45) is 0 Å². The molecule has 20 nitrogen and oxygen atoms in total. The van der Waals surface area contributed by atoms with Crippen molar-refractivity contribution < 1.29 is 24.0 Å². The summed E-state index contributed by atoms with van der Waals surface area (Å²) in [6.07, 6.45) is 28.3. The van der Waals surface area contributed by atoms with E-state index in [4.69, 9.17) is 94.5 Å². The molecule has 0 N–H and O–H groups in total. The summed E-state index contributed by atoms with van der Waals surface area (Å²) in [6.45, 7) is 21.7. The topological polar surface area (TPSA) is 191 Å². The van der Waals surface area contributed by atoms with Crippen LogP contribution in [0.1, 0.15) is 296 Å². The molecule has 6 aromatic heterocycles. The summed E-state index contributed by atoms with van der Waals surface area (Å²) >= 11 is 49.5. The minimum Gasteiger partial charge on any atom is -0.331 e. The number of rotatable bonds is 29. The number of nitrogens with zero attached hydrogens (tertiary/aromatic N) is 15. The molecule has 5 saturated carbocycles. The lowest BCUT2D eigenvalue weighted by Crippen LogP contribution is -2.32. The predicted octanol–water partition coefficient (Wildman–Crippen LogP) is 32.3. The van der Waals surface area contributed by atoms with Crippen LogP contribution in [-0.2, 0) is 32.7 Å². The molecule has 0 bridgehead atoms. The fourth-order valence-corrected chi connectivity index (χ4v) is 24.2. The van der Waals surface area contributed by atoms with Gasteiger partial charge in [-0.25, -0.2) is 24.9 Å². The summed E-state index contributed by atoms with van der Waals surface area (Å²) in [5.41, 5.74) is 13.7. The highest BCUT2D eigenvalue weighted by molar-refractivity contribution is 9.11. The van der Waals surface area contributed by atoms with Crippen LogP contribution in [0.2, 0.25) is 30.1 Å². The smallest absolute Gasteiger partial charge is 0.264 e. The molecule has 15 aromatic rings. The number of halogens is 9. The predicted molar refractivity (Wildman–Crippen MR) is 599 cm³/mol. The van der Waals surface area contributed by atoms with Gasteiger partial charge in [0.2, 0.25) is 0 Å². The van der Waals surface area contributed by atoms with Gasteiger partial charge in [0.15, 0.2) is 0 Å². The standard InChI is InChI=1S/C24H27Cl2N3O.C23H25BrClN3O.C23H23BrClN3O.C22H23BrClN3O.C22H26ClN3OS/c1-3-12-28(24(30)17-8-10-20(26)16(2)13-17)15-23-27-21-11-9-18(25)14-22(21)29(23)19-6-4-5-7-19;2*1-2-12-27(23(29)16-6-5-7-17(24)13-16)15-22-26-20-11-10-18(25)14-21(20)28(22)19-8-3-4-9-19;1-2-26(22(28)15-6-5-7-16(23)12-15)14-21-25-19-11-10-17(24)13-20(19)27(21)18-8-3-4-9-18;1-3-12-25(22(27)20-11-8-15(2)28-20)14-21-24-18-10-9-16(23)13-19(18)26(21)17-6-4-5-7-17/h8-11,13-14,19H,3-7,12,15H2,1-2H3;5-7,10-11,13-14,19H,2-4,8-9,12,15H2,1H3;2,5-7,10-11,13-14,19H,1,3-4,8-9,12,15H2;5-7,10-13,18H,2-4,8-9,14H2,1H3;8-11,13,17H,3-7,12,14H2,1-2H3. The number of fused-ring (bicyclic) bond motifs is 5. The number of hydrogen-bond acceptors (Lipinski definition) is 11. The molecular formula is C114H124Br3Cl6N15O5S. The van der Waals surface area contributed by atoms with Crippen molar-refractivity contribution in [3.05, 3.63) is 317 Å². The van der Waals surface area contributed by atoms with E-state index in [1.54, 1.807) is 34.4 Å². The van der Waals surface area contributed by atoms with Crippen LogP contribution >= 0.6 is 129 Å². The molecule has 5 aliphatic rings. The molecule has 9 aromatic carbocycles. The largest absolute Gasteiger partial charge is 0.331 e. The van der Waals surface area contributed by atoms with Crippen molar-refractivity contribution in [1.82, 2.24) is 72.3 Å². The van der Waals surface area contributed by atoms with Crippen LogP contribution in [0.3, 0.4) is 0 Å². The summed E-state index contributed by atoms with van der Waals surface area (Å²) < 4.78 is 14.3. The minimum atomic E-state index is -0.0331. The molecule has 0 radical (unpaired) electrons. The Morgan fingerprint density at radius 3 is 0.875 bits per heavy atom. The first-order chi connectivity index (χ1) is 69.7. The van der Waals surface area contributed by atoms with Gasteiger partial charge in [0, 0.05) is 134 Å². The Kier molecular flexibility index (Phi) is 37.4. The summed E-state index contributed by atoms with van der Waals surface area (Å²) in [5, 5.41) is 4.26. The lowest BCUT2D eigenvalue weighted by molar-refractivity contribution is 0.0729. The van der Waals surface area contributed by atoms with Crippen LogP contribution in [-0.4, -0.2) is 135 Å². The fraction of sp³-hybridized carbons (Fsp3) is 0.386. The molecule has 20 rings (SSSR count). The van der Waals surface area contributed by atoms with Gasteiger partial charge in [-0.3, -0.25) is 24.0 Å². The number of hydrogen-bond donors (Lipinski definition) is 0. The van der Waals surface area contributed by atoms with E-state index in [1.807, 2.05) is 222 Å². The second-order valence-electron chi connectivity index (χ2n) is 38.2. The first kappa shape index (κ1) is 107. The Labute approximate surface area is 903 Å². The molecule has 30 heteroatoms. The van der Waals surface area contributed by atoms with Gasteiger partial charge < -0.3 is 47.3 Å². The zero-order chi connectivity index (χ0) is 101. The number of amides is 5. The Bertz CT molecular complexity index is 7080. The molecule has 0 aliphatic heterocycles. The average Bonchev–Trinajstić information content (AvgIpc) is 1.64. The molecule has 0 atom stereocenters. The number of aryl methyl sites for hydroxylation is 2. The Balaban J connectivity index is 0.000000129. The average molecular weight is 2270 g/mol. The molecular weight excluding hydrogens is 2140 g/mol. The van der Waals surface area contributed by atoms with Crippen LogP contribution in [0.4, 0.5) is 0 Å². The number of benzene rings is 9. The Morgan fingerprint density at radius 2 is 0.611 bits per heavy atom. The lowest BCUT2D eigenvalue weighted by atomic mass is 10.1. The Morgan fingerprint density at radius 1 is 0.340 bits per heavy atom. The van der Waals surface area contributed by atoms with E-state index in [0.717, 1.165) is 218 Å². The second-order valence-corrected chi connectivity index (χ2v) is 44.9. The number of carbonyl (C=O) groups is 5. The molecule has 5 aliphatic carbocycles. The molecule has 0 spiro atoms. The van der Waals surface area contributed by atoms with Crippen LogP contribution in [0, 0.1) is 13.8 Å². The van der Waals surface area contributed by atoms with Crippen molar-refractivity contribution >= 4 is 213 Å². The third kappa shape index (κ3) is 26.0. The maximum Gasteiger partial charge on any atom is 0.264 e. The maximum absolute atomic E-state index is 13.3. The number of aromatic nitrogens is 10. The quantitative estimate of drug-likeness (QED) is 0.0408. The third-order valence-electron chi connectivity index (χ3n) is 28.0. The zero-order valence-electron chi connectivity index (χ0n) is 82.5. The highest BCUT2D eigenvalue weighted by atomic mass is 79.9. The molecule has 5 amide bonds. The molecule has 6 heterocycles. The van der Waals surface area contributed by atoms with Crippen molar-refractivity contribution in [2.75, 3.05) is 32.7 Å². The van der Waals surface area contributed by atoms with Crippen molar-refractivity contribution in [3.8, 4) is 0 Å². The fourth-order valence-electron chi connectivity index (χ4n) is 21.2. The van der Waals surface area contributed by atoms with Gasteiger partial charge in [0.05, 0.1) is 92.8 Å². The van der Waals surface area contributed by atoms with Crippen molar-refractivity contribution in [1.29, 1.82) is 0 Å². The van der Waals surface area contributed by atoms with Gasteiger partial charge in [0.25, 0.3) is 29.5 Å². The SMILES string of the molecule is C=CCN(Cc1nc2ccc(Cl)cc2n1C1CCCC1)C(=O)c1cccc(Br)c1.CCCN(Cc1nc2ccc(Cl)cc2n1C1CCCC1)C(=O)c1ccc(C)s1.CCCN(Cc1nc2ccc(Cl)cc2n1C1CCCC1)C(=O)c1ccc(Cl)c(C)c1.CCCN(Cc1nc2ccc(Cl)cc2n1C1CCCC1)C(=O)c1cccc(Br)c1.CCN(Cc1nc2ccc(Cl)cc2n1C1CCCC1)C(=O)c1cccc(Br)c1. The highest BCUT2D eigenvalue weighted by Crippen LogP contribution is 2.43. The van der Waals surface area contributed by atoms with Gasteiger partial charge in [-0.1, -0.05) is 227 Å². The zero-order valence-corrected chi connectivity index (χ0v) is 92.7. The van der Waals surface area contributed by atoms with E-state index in [2.05, 4.69) is 98.0 Å². The van der Waals surface area contributed by atoms with Crippen LogP contribution in [0.25, 0.3) is 55.2 Å². The van der Waals surface area contributed by atoms with E-state index in [0.29, 0.717) is 126 Å². The molecule has 5 fully saturated rings. The van der Waals surface area contributed by atoms with E-state index in [-0.39, 0.29) is 29.5 Å². The maximum atomic E-state index is 13.3. The summed E-state index contributed by atoms with van der Waals surface area (Å²) in [5.74, 6) is 4.84. The van der Waals surface area contributed by atoms with Gasteiger partial charge in [-0.2, -0.15) is 0 Å². The van der Waals surface area contributed by atoms with Crippen LogP contribution < -0.4 is 0 Å². The molecule has 0 unspecified atom stereocenters. The summed E-state index contributed by atoms with van der Waals surface area (Å²) in [4.78, 5) is 102. The number of carbonyl (C=O) groups excluding carboxylic acids is 5. The highest BCUT2D eigenvalue weighted by Gasteiger charge is 2.34. The Hall–Kier alpha value is -9.70. The van der Waals surface area contributed by atoms with E-state index < -0.39 is 0 Å². The van der Waals surface area contributed by atoms with Gasteiger partial charge in [-0.15, -0.1) is 17.9 Å². The number of thiophene rings is 1. The van der Waals surface area contributed by atoms with E-state index in [1.165, 1.54) is 64.2 Å². The van der Waals surface area contributed by atoms with Gasteiger partial charge in [0.1, 0.15) is 29.1 Å². The molecule has 0 saturated heterocycles. The van der Waals surface area contributed by atoms with Crippen LogP contribution in [0.15, 0.2) is 220 Å². The van der Waals surface area contributed by atoms with Crippen molar-refractivity contribution in [3.63, 3.8) is 0 Å². The molecule has 144 heavy (non-hydrogen) atoms. The minimum absolute atomic E-state index is 0.0136. The monoisotopic (exact) mass is 2260 g/mol. The summed E-state index contributed by atoms with van der Waals surface area (Å²) in [6, 6.07) is 63.4. The van der Waals surface area contributed by atoms with Crippen molar-refractivity contribution in [2.45, 2.75) is 252 Å². The van der Waals surface area contributed by atoms with Crippen LogP contribution in [0.5, 0.6) is 0 Å². The normalized spacial score (nSPS) is 14.6. The third-order valence-corrected chi connectivity index (χ3v) is 32.0. The summed E-state index contributed by atoms with van der Waals surface area (Å²) in [7, 11) is 0. The second kappa shape index (κ2) is 50.3. The molecule has 754 valence electrons. The van der Waals surface area contributed by atoms with Gasteiger partial charge >= 0.3 is 0 Å². The van der Waals surface area contributed by atoms with E-state index >= 15 is 0 Å². The lowest BCUT2D eigenvalue weighted by Gasteiger charge is -2.24.